The number of hydrogen-bond donors (Lipinski definition) is 2. The largest absolute Gasteiger partial charge is 0.346 e. The molecule has 0 saturated carbocycles. The lowest BCUT2D eigenvalue weighted by atomic mass is 10.0. The van der Waals surface area contributed by atoms with Crippen LogP contribution in [-0.4, -0.2) is 60.4 Å². The summed E-state index contributed by atoms with van der Waals surface area (Å²) in [5.41, 5.74) is 7.12. The molecule has 154 valence electrons. The Hall–Kier alpha value is -1.34. The number of piperazine rings is 1. The number of nitrogens with one attached hydrogen (secondary N) is 1. The van der Waals surface area contributed by atoms with Crippen LogP contribution in [0.2, 0.25) is 0 Å². The summed E-state index contributed by atoms with van der Waals surface area (Å²) in [5.74, 6) is 0.0726. The van der Waals surface area contributed by atoms with Crippen molar-refractivity contribution in [2.24, 2.45) is 11.7 Å². The molecule has 1 atom stereocenters. The van der Waals surface area contributed by atoms with E-state index in [1.165, 1.54) is 5.56 Å². The fraction of sp³-hybridized carbons (Fsp3) is 0.579. The summed E-state index contributed by atoms with van der Waals surface area (Å²) in [5, 5.41) is 2.67. The maximum absolute atomic E-state index is 12.3. The third-order valence-corrected chi connectivity index (χ3v) is 4.45. The molecule has 0 bridgehead atoms. The van der Waals surface area contributed by atoms with Crippen LogP contribution in [0.1, 0.15) is 25.8 Å². The van der Waals surface area contributed by atoms with Crippen LogP contribution in [0.3, 0.4) is 0 Å². The molecule has 1 heterocycles. The van der Waals surface area contributed by atoms with E-state index in [9.17, 15) is 9.59 Å². The Morgan fingerprint density at radius 2 is 1.67 bits per heavy atom. The summed E-state index contributed by atoms with van der Waals surface area (Å²) >= 11 is 0. The van der Waals surface area contributed by atoms with Gasteiger partial charge in [-0.15, -0.1) is 24.8 Å². The Bertz CT molecular complexity index is 564. The van der Waals surface area contributed by atoms with Crippen LogP contribution in [-0.2, 0) is 16.1 Å². The van der Waals surface area contributed by atoms with Gasteiger partial charge in [0.15, 0.2) is 0 Å². The predicted molar refractivity (Wildman–Crippen MR) is 113 cm³/mol. The van der Waals surface area contributed by atoms with Crippen molar-refractivity contribution in [2.75, 3.05) is 32.7 Å². The van der Waals surface area contributed by atoms with Crippen molar-refractivity contribution in [1.82, 2.24) is 15.1 Å². The lowest BCUT2D eigenvalue weighted by Crippen LogP contribution is -2.52. The van der Waals surface area contributed by atoms with Gasteiger partial charge in [-0.2, -0.15) is 0 Å². The molecule has 3 N–H and O–H groups in total. The van der Waals surface area contributed by atoms with Gasteiger partial charge in [-0.05, 0) is 17.9 Å². The molecular weight excluding hydrogens is 387 g/mol. The molecule has 6 nitrogen and oxygen atoms in total. The highest BCUT2D eigenvalue weighted by Crippen LogP contribution is 2.08. The Morgan fingerprint density at radius 1 is 1.07 bits per heavy atom. The Morgan fingerprint density at radius 3 is 2.22 bits per heavy atom. The SMILES string of the molecule is CC(C)C[C@H](N)C(=O)NCC(=O)N1CCN(Cc2ccccc2)CC1.Cl.Cl. The summed E-state index contributed by atoms with van der Waals surface area (Å²) < 4.78 is 0. The van der Waals surface area contributed by atoms with Crippen LogP contribution in [0, 0.1) is 5.92 Å². The Labute approximate surface area is 174 Å². The molecule has 0 aromatic heterocycles. The van der Waals surface area contributed by atoms with Gasteiger partial charge in [-0.1, -0.05) is 44.2 Å². The zero-order valence-corrected chi connectivity index (χ0v) is 17.7. The topological polar surface area (TPSA) is 78.7 Å². The van der Waals surface area contributed by atoms with Crippen LogP contribution in [0.4, 0.5) is 0 Å². The number of halogens is 2. The molecule has 1 aromatic rings. The number of carbonyl (C=O) groups is 2. The fourth-order valence-corrected chi connectivity index (χ4v) is 3.02. The van der Waals surface area contributed by atoms with Crippen LogP contribution in [0.15, 0.2) is 30.3 Å². The van der Waals surface area contributed by atoms with Crippen molar-refractivity contribution in [3.05, 3.63) is 35.9 Å². The zero-order chi connectivity index (χ0) is 18.2. The van der Waals surface area contributed by atoms with Crippen LogP contribution in [0.25, 0.3) is 0 Å². The predicted octanol–water partition coefficient (Wildman–Crippen LogP) is 1.66. The maximum atomic E-state index is 12.3. The van der Waals surface area contributed by atoms with Crippen LogP contribution in [0.5, 0.6) is 0 Å². The smallest absolute Gasteiger partial charge is 0.242 e. The number of nitrogens with two attached hydrogens (primary N) is 1. The average molecular weight is 419 g/mol. The van der Waals surface area contributed by atoms with Crippen molar-refractivity contribution in [1.29, 1.82) is 0 Å². The molecule has 0 radical (unpaired) electrons. The van der Waals surface area contributed by atoms with Gasteiger partial charge >= 0.3 is 0 Å². The molecule has 2 amide bonds. The van der Waals surface area contributed by atoms with Gasteiger partial charge < -0.3 is 16.0 Å². The van der Waals surface area contributed by atoms with Gasteiger partial charge in [0, 0.05) is 32.7 Å². The summed E-state index contributed by atoms with van der Waals surface area (Å²) in [6.45, 7) is 8.06. The molecule has 0 spiro atoms. The number of rotatable bonds is 7. The first-order valence-corrected chi connectivity index (χ1v) is 9.03. The number of carbonyl (C=O) groups excluding carboxylic acids is 2. The highest BCUT2D eigenvalue weighted by Gasteiger charge is 2.22. The van der Waals surface area contributed by atoms with Gasteiger partial charge in [0.2, 0.25) is 11.8 Å². The highest BCUT2D eigenvalue weighted by molar-refractivity contribution is 5.87. The van der Waals surface area contributed by atoms with E-state index >= 15 is 0 Å². The first kappa shape index (κ1) is 25.7. The number of benzene rings is 1. The second kappa shape index (κ2) is 12.9. The van der Waals surface area contributed by atoms with E-state index in [1.807, 2.05) is 36.9 Å². The first-order chi connectivity index (χ1) is 12.0. The third kappa shape index (κ3) is 8.93. The van der Waals surface area contributed by atoms with Crippen molar-refractivity contribution >= 4 is 36.6 Å². The summed E-state index contributed by atoms with van der Waals surface area (Å²) in [6, 6.07) is 9.79. The van der Waals surface area contributed by atoms with E-state index in [1.54, 1.807) is 0 Å². The van der Waals surface area contributed by atoms with Crippen molar-refractivity contribution < 1.29 is 9.59 Å². The van der Waals surface area contributed by atoms with Crippen molar-refractivity contribution in [2.45, 2.75) is 32.9 Å². The van der Waals surface area contributed by atoms with Crippen LogP contribution < -0.4 is 11.1 Å². The molecule has 1 saturated heterocycles. The molecule has 0 aliphatic carbocycles. The maximum Gasteiger partial charge on any atom is 0.242 e. The highest BCUT2D eigenvalue weighted by atomic mass is 35.5. The van der Waals surface area contributed by atoms with Gasteiger partial charge in [0.1, 0.15) is 0 Å². The van der Waals surface area contributed by atoms with E-state index in [4.69, 9.17) is 5.73 Å². The molecule has 1 aliphatic heterocycles. The second-order valence-electron chi connectivity index (χ2n) is 7.10. The average Bonchev–Trinajstić information content (AvgIpc) is 2.60. The van der Waals surface area contributed by atoms with Gasteiger partial charge in [-0.3, -0.25) is 14.5 Å². The molecule has 2 rings (SSSR count). The number of nitrogens with zero attached hydrogens (tertiary/aromatic N) is 2. The summed E-state index contributed by atoms with van der Waals surface area (Å²) in [6.07, 6.45) is 0.623. The third-order valence-electron chi connectivity index (χ3n) is 4.45. The Kier molecular flexibility index (Phi) is 12.3. The van der Waals surface area contributed by atoms with Crippen molar-refractivity contribution in [3.63, 3.8) is 0 Å². The monoisotopic (exact) mass is 418 g/mol. The van der Waals surface area contributed by atoms with Crippen molar-refractivity contribution in [3.8, 4) is 0 Å². The normalized spacial score (nSPS) is 15.5. The lowest BCUT2D eigenvalue weighted by Gasteiger charge is -2.34. The van der Waals surface area contributed by atoms with E-state index in [-0.39, 0.29) is 43.2 Å². The van der Waals surface area contributed by atoms with Gasteiger partial charge in [0.25, 0.3) is 0 Å². The number of hydrogen-bond acceptors (Lipinski definition) is 4. The lowest BCUT2D eigenvalue weighted by molar-refractivity contribution is -0.134. The standard InChI is InChI=1S/C19H30N4O2.2ClH/c1-15(2)12-17(20)19(25)21-13-18(24)23-10-8-22(9-11-23)14-16-6-4-3-5-7-16;;/h3-7,15,17H,8-14,20H2,1-2H3,(H,21,25);2*1H/t17-;;/m0../s1. The Balaban J connectivity index is 0.00000338. The fourth-order valence-electron chi connectivity index (χ4n) is 3.02. The second-order valence-corrected chi connectivity index (χ2v) is 7.10. The van der Waals surface area contributed by atoms with E-state index in [2.05, 4.69) is 22.3 Å². The first-order valence-electron chi connectivity index (χ1n) is 9.03. The molecule has 1 fully saturated rings. The van der Waals surface area contributed by atoms with E-state index in [0.29, 0.717) is 25.4 Å². The minimum Gasteiger partial charge on any atom is -0.346 e. The summed E-state index contributed by atoms with van der Waals surface area (Å²) in [4.78, 5) is 28.3. The molecule has 0 unspecified atom stereocenters. The van der Waals surface area contributed by atoms with Gasteiger partial charge in [0.05, 0.1) is 12.6 Å². The molecular formula is C19H32Cl2N4O2. The minimum atomic E-state index is -0.546. The quantitative estimate of drug-likeness (QED) is 0.705. The van der Waals surface area contributed by atoms with E-state index in [0.717, 1.165) is 19.6 Å². The summed E-state index contributed by atoms with van der Waals surface area (Å²) in [7, 11) is 0. The molecule has 27 heavy (non-hydrogen) atoms. The van der Waals surface area contributed by atoms with Gasteiger partial charge in [-0.25, -0.2) is 0 Å². The van der Waals surface area contributed by atoms with E-state index < -0.39 is 6.04 Å². The molecule has 1 aromatic carbocycles. The number of amides is 2. The van der Waals surface area contributed by atoms with Crippen LogP contribution >= 0.6 is 24.8 Å². The minimum absolute atomic E-state index is 0. The molecule has 8 heteroatoms. The zero-order valence-electron chi connectivity index (χ0n) is 16.1. The molecule has 1 aliphatic rings.